The molecule has 0 spiro atoms. The van der Waals surface area contributed by atoms with E-state index in [4.69, 9.17) is 25.9 Å². The Labute approximate surface area is 254 Å². The van der Waals surface area contributed by atoms with Crippen LogP contribution in [0.4, 0.5) is 23.0 Å². The Bertz CT molecular complexity index is 1660. The van der Waals surface area contributed by atoms with Gasteiger partial charge in [-0.05, 0) is 34.0 Å². The maximum Gasteiger partial charge on any atom is 0.342 e. The molecular formula is C29H34ClN7O6. The van der Waals surface area contributed by atoms with Crippen LogP contribution < -0.4 is 19.8 Å². The molecule has 0 aliphatic carbocycles. The Hall–Kier alpha value is -4.62. The summed E-state index contributed by atoms with van der Waals surface area (Å²) in [6, 6.07) is 8.31. The molecule has 0 saturated carbocycles. The van der Waals surface area contributed by atoms with E-state index in [1.54, 1.807) is 50.2 Å². The molecule has 0 bridgehead atoms. The van der Waals surface area contributed by atoms with Crippen molar-refractivity contribution < 1.29 is 24.0 Å². The number of hydrogen-bond acceptors (Lipinski definition) is 11. The highest BCUT2D eigenvalue weighted by Gasteiger charge is 2.25. The second kappa shape index (κ2) is 13.1. The third-order valence-electron chi connectivity index (χ3n) is 6.58. The first-order valence-corrected chi connectivity index (χ1v) is 13.7. The average molecular weight is 612 g/mol. The maximum atomic E-state index is 13.1. The molecule has 14 heteroatoms. The predicted molar refractivity (Wildman–Crippen MR) is 166 cm³/mol. The van der Waals surface area contributed by atoms with Gasteiger partial charge >= 0.3 is 5.97 Å². The van der Waals surface area contributed by atoms with Crippen molar-refractivity contribution in [2.24, 2.45) is 0 Å². The van der Waals surface area contributed by atoms with Crippen LogP contribution in [0.5, 0.6) is 5.75 Å². The molecule has 228 valence electrons. The van der Waals surface area contributed by atoms with Gasteiger partial charge in [0.2, 0.25) is 5.95 Å². The number of esters is 1. The Kier molecular flexibility index (Phi) is 9.56. The number of nitro groups is 1. The Morgan fingerprint density at radius 3 is 2.56 bits per heavy atom. The van der Waals surface area contributed by atoms with Crippen LogP contribution in [0.2, 0.25) is 5.02 Å². The van der Waals surface area contributed by atoms with E-state index in [0.29, 0.717) is 46.0 Å². The van der Waals surface area contributed by atoms with Crippen molar-refractivity contribution in [3.8, 4) is 17.0 Å². The van der Waals surface area contributed by atoms with Crippen LogP contribution in [0, 0.1) is 10.1 Å². The number of nitro benzene ring substituents is 1. The topological polar surface area (TPSA) is 137 Å². The summed E-state index contributed by atoms with van der Waals surface area (Å²) in [5, 5.41) is 16.2. The fourth-order valence-electron chi connectivity index (χ4n) is 4.48. The highest BCUT2D eigenvalue weighted by molar-refractivity contribution is 6.35. The third-order valence-corrected chi connectivity index (χ3v) is 6.89. The molecular weight excluding hydrogens is 578 g/mol. The standard InChI is InChI=1S/C29H34ClN7O6/c1-17(2)43-28(38)19-15-31-29(33-26(19)20-16-36(42-7)27-18(20)9-8-10-21(27)30)32-22-13-24(37(39)40)23(14-25(22)41-6)35(5)12-11-34(3)4/h8-10,13-17H,11-12H2,1-7H3,(H,31,32,33). The number of aromatic nitrogens is 3. The van der Waals surface area contributed by atoms with Crippen molar-refractivity contribution in [1.29, 1.82) is 0 Å². The van der Waals surface area contributed by atoms with Gasteiger partial charge in [-0.2, -0.15) is 4.73 Å². The van der Waals surface area contributed by atoms with E-state index in [2.05, 4.69) is 15.3 Å². The molecule has 0 unspecified atom stereocenters. The Balaban J connectivity index is 1.84. The molecule has 4 aromatic rings. The summed E-state index contributed by atoms with van der Waals surface area (Å²) in [4.78, 5) is 43.1. The molecule has 2 aromatic heterocycles. The van der Waals surface area contributed by atoms with Crippen LogP contribution in [0.3, 0.4) is 0 Å². The number of halogens is 1. The zero-order chi connectivity index (χ0) is 31.4. The summed E-state index contributed by atoms with van der Waals surface area (Å²) in [6.07, 6.45) is 2.63. The van der Waals surface area contributed by atoms with Crippen molar-refractivity contribution in [3.63, 3.8) is 0 Å². The number of rotatable bonds is 12. The molecule has 0 aliphatic rings. The quantitative estimate of drug-likeness (QED) is 0.131. The van der Waals surface area contributed by atoms with E-state index in [-0.39, 0.29) is 34.7 Å². The van der Waals surface area contributed by atoms with Gasteiger partial charge in [-0.1, -0.05) is 23.7 Å². The highest BCUT2D eigenvalue weighted by atomic mass is 35.5. The van der Waals surface area contributed by atoms with Gasteiger partial charge in [0.05, 0.1) is 40.7 Å². The van der Waals surface area contributed by atoms with Crippen LogP contribution in [-0.4, -0.2) is 85.0 Å². The minimum atomic E-state index is -0.616. The van der Waals surface area contributed by atoms with Crippen LogP contribution >= 0.6 is 11.6 Å². The van der Waals surface area contributed by atoms with E-state index in [1.807, 2.05) is 25.1 Å². The monoisotopic (exact) mass is 611 g/mol. The molecule has 2 heterocycles. The van der Waals surface area contributed by atoms with Crippen molar-refractivity contribution >= 4 is 51.5 Å². The lowest BCUT2D eigenvalue weighted by atomic mass is 10.1. The number of methoxy groups -OCH3 is 1. The normalized spacial score (nSPS) is 11.2. The molecule has 0 atom stereocenters. The summed E-state index contributed by atoms with van der Waals surface area (Å²) in [5.41, 5.74) is 2.03. The fraction of sp³-hybridized carbons (Fsp3) is 0.345. The molecule has 43 heavy (non-hydrogen) atoms. The first-order valence-electron chi connectivity index (χ1n) is 13.4. The smallest absolute Gasteiger partial charge is 0.342 e. The number of nitrogens with zero attached hydrogens (tertiary/aromatic N) is 6. The number of anilines is 3. The summed E-state index contributed by atoms with van der Waals surface area (Å²) in [7, 11) is 8.61. The summed E-state index contributed by atoms with van der Waals surface area (Å²) in [6.45, 7) is 4.74. The predicted octanol–water partition coefficient (Wildman–Crippen LogP) is 5.03. The lowest BCUT2D eigenvalue weighted by Crippen LogP contribution is -2.29. The van der Waals surface area contributed by atoms with E-state index < -0.39 is 10.9 Å². The molecule has 0 radical (unpaired) electrons. The lowest BCUT2D eigenvalue weighted by molar-refractivity contribution is -0.384. The highest BCUT2D eigenvalue weighted by Crippen LogP contribution is 2.40. The van der Waals surface area contributed by atoms with E-state index in [0.717, 1.165) is 0 Å². The van der Waals surface area contributed by atoms with Crippen molar-refractivity contribution in [1.82, 2.24) is 19.6 Å². The number of likely N-dealkylation sites (N-methyl/N-ethyl adjacent to an activating group) is 2. The minimum absolute atomic E-state index is 0.0674. The first kappa shape index (κ1) is 31.3. The number of fused-ring (bicyclic) bond motifs is 1. The van der Waals surface area contributed by atoms with Gasteiger partial charge in [0.25, 0.3) is 5.69 Å². The molecule has 0 saturated heterocycles. The van der Waals surface area contributed by atoms with E-state index >= 15 is 0 Å². The third kappa shape index (κ3) is 6.73. The molecule has 2 aromatic carbocycles. The van der Waals surface area contributed by atoms with Gasteiger partial charge in [-0.25, -0.2) is 14.8 Å². The molecule has 0 fully saturated rings. The second-order valence-corrected chi connectivity index (χ2v) is 10.7. The number of carbonyl (C=O) groups excluding carboxylic acids is 1. The van der Waals surface area contributed by atoms with Crippen LogP contribution in [0.25, 0.3) is 22.2 Å². The molecule has 13 nitrogen and oxygen atoms in total. The number of ether oxygens (including phenoxy) is 2. The zero-order valence-corrected chi connectivity index (χ0v) is 25.8. The second-order valence-electron chi connectivity index (χ2n) is 10.2. The van der Waals surface area contributed by atoms with Gasteiger partial charge < -0.3 is 29.4 Å². The average Bonchev–Trinajstić information content (AvgIpc) is 3.35. The summed E-state index contributed by atoms with van der Waals surface area (Å²) >= 11 is 6.48. The number of para-hydroxylation sites is 1. The number of hydrogen-bond donors (Lipinski definition) is 1. The SMILES string of the molecule is COc1cc(N(C)CCN(C)C)c([N+](=O)[O-])cc1Nc1ncc(C(=O)OC(C)C)c(-c2cn(OC)c3c(Cl)cccc23)n1. The lowest BCUT2D eigenvalue weighted by Gasteiger charge is -2.22. The largest absolute Gasteiger partial charge is 0.494 e. The molecule has 1 N–H and O–H groups in total. The number of carbonyl (C=O) groups is 1. The molecule has 0 aliphatic heterocycles. The van der Waals surface area contributed by atoms with Gasteiger partial charge in [0.1, 0.15) is 29.6 Å². The first-order chi connectivity index (χ1) is 20.4. The van der Waals surface area contributed by atoms with Crippen molar-refractivity contribution in [2.45, 2.75) is 20.0 Å². The summed E-state index contributed by atoms with van der Waals surface area (Å²) in [5.74, 6) is -0.207. The van der Waals surface area contributed by atoms with Gasteiger partial charge in [-0.3, -0.25) is 10.1 Å². The van der Waals surface area contributed by atoms with Crippen LogP contribution in [0.15, 0.2) is 42.7 Å². The van der Waals surface area contributed by atoms with Crippen molar-refractivity contribution in [3.05, 3.63) is 63.4 Å². The number of nitrogens with one attached hydrogen (secondary N) is 1. The summed E-state index contributed by atoms with van der Waals surface area (Å²) < 4.78 is 12.5. The van der Waals surface area contributed by atoms with Gasteiger partial charge in [0, 0.05) is 49.4 Å². The fourth-order valence-corrected chi connectivity index (χ4v) is 4.74. The Morgan fingerprint density at radius 2 is 1.93 bits per heavy atom. The van der Waals surface area contributed by atoms with Crippen LogP contribution in [-0.2, 0) is 4.74 Å². The van der Waals surface area contributed by atoms with Gasteiger partial charge in [0.15, 0.2) is 0 Å². The number of benzene rings is 2. The zero-order valence-electron chi connectivity index (χ0n) is 25.0. The maximum absolute atomic E-state index is 13.1. The van der Waals surface area contributed by atoms with Gasteiger partial charge in [-0.15, -0.1) is 0 Å². The molecule has 0 amide bonds. The van der Waals surface area contributed by atoms with E-state index in [1.165, 1.54) is 31.2 Å². The van der Waals surface area contributed by atoms with E-state index in [9.17, 15) is 14.9 Å². The minimum Gasteiger partial charge on any atom is -0.494 e. The van der Waals surface area contributed by atoms with Crippen LogP contribution in [0.1, 0.15) is 24.2 Å². The van der Waals surface area contributed by atoms with Crippen molar-refractivity contribution in [2.75, 3.05) is 58.7 Å². The Morgan fingerprint density at radius 1 is 1.19 bits per heavy atom. The molecule has 4 rings (SSSR count).